The van der Waals surface area contributed by atoms with Crippen LogP contribution in [0.2, 0.25) is 5.02 Å². The Kier molecular flexibility index (Phi) is 5.62. The van der Waals surface area contributed by atoms with E-state index in [1.165, 1.54) is 6.07 Å². The average Bonchev–Trinajstić information content (AvgIpc) is 2.45. The molecule has 21 heavy (non-hydrogen) atoms. The zero-order valence-electron chi connectivity index (χ0n) is 11.5. The number of benzene rings is 2. The van der Waals surface area contributed by atoms with Crippen molar-refractivity contribution in [3.05, 3.63) is 63.3 Å². The molecule has 2 rings (SSSR count). The fourth-order valence-electron chi connectivity index (χ4n) is 2.01. The number of hydrogen-bond donors (Lipinski definition) is 1. The van der Waals surface area contributed by atoms with Crippen molar-refractivity contribution >= 4 is 27.5 Å². The lowest BCUT2D eigenvalue weighted by Gasteiger charge is -2.25. The standard InChI is InChI=1S/C16H16BrClFNO/c1-2-14(20)16(10-4-3-5-12(18)8-10)21-15-7-6-11(17)9-13(15)19/h3-9,14,16H,2,20H2,1H3. The summed E-state index contributed by atoms with van der Waals surface area (Å²) in [4.78, 5) is 0. The third-order valence-corrected chi connectivity index (χ3v) is 3.91. The monoisotopic (exact) mass is 371 g/mol. The van der Waals surface area contributed by atoms with Crippen molar-refractivity contribution in [2.24, 2.45) is 5.73 Å². The highest BCUT2D eigenvalue weighted by molar-refractivity contribution is 9.10. The van der Waals surface area contributed by atoms with Crippen molar-refractivity contribution in [2.75, 3.05) is 0 Å². The molecular formula is C16H16BrClFNO. The highest BCUT2D eigenvalue weighted by Crippen LogP contribution is 2.30. The van der Waals surface area contributed by atoms with Gasteiger partial charge in [-0.05, 0) is 42.3 Å². The van der Waals surface area contributed by atoms with Crippen molar-refractivity contribution in [2.45, 2.75) is 25.5 Å². The SMILES string of the molecule is CCC(N)C(Oc1ccc(Br)cc1F)c1cccc(Cl)c1. The van der Waals surface area contributed by atoms with Gasteiger partial charge in [0.2, 0.25) is 0 Å². The molecule has 2 N–H and O–H groups in total. The Morgan fingerprint density at radius 3 is 2.67 bits per heavy atom. The van der Waals surface area contributed by atoms with E-state index < -0.39 is 11.9 Å². The first kappa shape index (κ1) is 16.3. The van der Waals surface area contributed by atoms with E-state index in [-0.39, 0.29) is 11.8 Å². The van der Waals surface area contributed by atoms with E-state index in [0.717, 1.165) is 5.56 Å². The van der Waals surface area contributed by atoms with E-state index in [1.807, 2.05) is 19.1 Å². The molecule has 0 fully saturated rings. The van der Waals surface area contributed by atoms with Crippen LogP contribution < -0.4 is 10.5 Å². The summed E-state index contributed by atoms with van der Waals surface area (Å²) in [5.74, 6) is -0.258. The Labute approximate surface area is 137 Å². The summed E-state index contributed by atoms with van der Waals surface area (Å²) in [7, 11) is 0. The van der Waals surface area contributed by atoms with E-state index in [4.69, 9.17) is 22.1 Å². The quantitative estimate of drug-likeness (QED) is 0.792. The van der Waals surface area contributed by atoms with Gasteiger partial charge in [0.05, 0.1) is 0 Å². The maximum absolute atomic E-state index is 14.0. The van der Waals surface area contributed by atoms with Crippen molar-refractivity contribution in [3.8, 4) is 5.75 Å². The van der Waals surface area contributed by atoms with E-state index in [2.05, 4.69) is 15.9 Å². The van der Waals surface area contributed by atoms with Crippen LogP contribution in [-0.4, -0.2) is 6.04 Å². The van der Waals surface area contributed by atoms with Crippen molar-refractivity contribution in [1.82, 2.24) is 0 Å². The van der Waals surface area contributed by atoms with Gasteiger partial charge in [0.15, 0.2) is 11.6 Å². The largest absolute Gasteiger partial charge is 0.481 e. The first-order valence-electron chi connectivity index (χ1n) is 6.64. The molecule has 112 valence electrons. The number of nitrogens with two attached hydrogens (primary N) is 1. The van der Waals surface area contributed by atoms with Crippen LogP contribution in [0.25, 0.3) is 0 Å². The molecule has 0 aliphatic rings. The molecule has 0 aliphatic heterocycles. The average molecular weight is 373 g/mol. The second-order valence-electron chi connectivity index (χ2n) is 4.74. The smallest absolute Gasteiger partial charge is 0.166 e. The van der Waals surface area contributed by atoms with Crippen LogP contribution in [0.3, 0.4) is 0 Å². The Morgan fingerprint density at radius 1 is 1.29 bits per heavy atom. The minimum absolute atomic E-state index is 0.173. The Balaban J connectivity index is 2.33. The molecule has 2 aromatic carbocycles. The molecule has 0 spiro atoms. The van der Waals surface area contributed by atoms with Gasteiger partial charge in [-0.1, -0.05) is 46.6 Å². The van der Waals surface area contributed by atoms with Gasteiger partial charge >= 0.3 is 0 Å². The summed E-state index contributed by atoms with van der Waals surface area (Å²) < 4.78 is 20.4. The molecule has 0 amide bonds. The lowest BCUT2D eigenvalue weighted by Crippen LogP contribution is -2.31. The van der Waals surface area contributed by atoms with E-state index in [1.54, 1.807) is 24.3 Å². The van der Waals surface area contributed by atoms with Crippen LogP contribution in [0, 0.1) is 5.82 Å². The molecule has 2 atom stereocenters. The van der Waals surface area contributed by atoms with Crippen molar-refractivity contribution in [1.29, 1.82) is 0 Å². The third kappa shape index (κ3) is 4.19. The zero-order chi connectivity index (χ0) is 15.4. The molecule has 0 aromatic heterocycles. The fraction of sp³-hybridized carbons (Fsp3) is 0.250. The highest BCUT2D eigenvalue weighted by atomic mass is 79.9. The summed E-state index contributed by atoms with van der Waals surface area (Å²) in [5.41, 5.74) is 6.96. The van der Waals surface area contributed by atoms with Crippen LogP contribution >= 0.6 is 27.5 Å². The predicted molar refractivity (Wildman–Crippen MR) is 87.2 cm³/mol. The minimum atomic E-state index is -0.454. The second kappa shape index (κ2) is 7.25. The molecule has 0 saturated carbocycles. The maximum atomic E-state index is 14.0. The Morgan fingerprint density at radius 2 is 2.05 bits per heavy atom. The number of ether oxygens (including phenoxy) is 1. The summed E-state index contributed by atoms with van der Waals surface area (Å²) in [6.45, 7) is 1.96. The van der Waals surface area contributed by atoms with Gasteiger partial charge < -0.3 is 10.5 Å². The minimum Gasteiger partial charge on any atom is -0.481 e. The highest BCUT2D eigenvalue weighted by Gasteiger charge is 2.22. The number of halogens is 3. The third-order valence-electron chi connectivity index (χ3n) is 3.19. The van der Waals surface area contributed by atoms with Crippen molar-refractivity contribution < 1.29 is 9.13 Å². The molecule has 5 heteroatoms. The molecule has 2 nitrogen and oxygen atoms in total. The first-order valence-corrected chi connectivity index (χ1v) is 7.81. The zero-order valence-corrected chi connectivity index (χ0v) is 13.9. The molecule has 0 radical (unpaired) electrons. The molecule has 2 aromatic rings. The summed E-state index contributed by atoms with van der Waals surface area (Å²) in [5, 5.41) is 0.598. The summed E-state index contributed by atoms with van der Waals surface area (Å²) >= 11 is 9.24. The molecule has 0 saturated heterocycles. The van der Waals surface area contributed by atoms with Crippen LogP contribution in [-0.2, 0) is 0 Å². The van der Waals surface area contributed by atoms with Crippen molar-refractivity contribution in [3.63, 3.8) is 0 Å². The lowest BCUT2D eigenvalue weighted by molar-refractivity contribution is 0.163. The van der Waals surface area contributed by atoms with Gasteiger partial charge in [-0.15, -0.1) is 0 Å². The van der Waals surface area contributed by atoms with Crippen LogP contribution in [0.1, 0.15) is 25.0 Å². The van der Waals surface area contributed by atoms with E-state index in [0.29, 0.717) is 15.9 Å². The van der Waals surface area contributed by atoms with Crippen LogP contribution in [0.5, 0.6) is 5.75 Å². The van der Waals surface area contributed by atoms with Gasteiger partial charge in [-0.25, -0.2) is 4.39 Å². The van der Waals surface area contributed by atoms with Crippen LogP contribution in [0.15, 0.2) is 46.9 Å². The Hall–Kier alpha value is -1.10. The number of rotatable bonds is 5. The Bertz CT molecular complexity index is 623. The fourth-order valence-corrected chi connectivity index (χ4v) is 2.54. The van der Waals surface area contributed by atoms with Gasteiger partial charge in [-0.2, -0.15) is 0 Å². The number of hydrogen-bond acceptors (Lipinski definition) is 2. The normalized spacial score (nSPS) is 13.8. The van der Waals surface area contributed by atoms with Gasteiger partial charge in [0.25, 0.3) is 0 Å². The molecule has 0 aliphatic carbocycles. The predicted octanol–water partition coefficient (Wildman–Crippen LogP) is 5.10. The van der Waals surface area contributed by atoms with Gasteiger partial charge in [0.1, 0.15) is 6.10 Å². The van der Waals surface area contributed by atoms with Gasteiger partial charge in [0, 0.05) is 15.5 Å². The lowest BCUT2D eigenvalue weighted by atomic mass is 10.0. The molecule has 0 bridgehead atoms. The summed E-state index contributed by atoms with van der Waals surface area (Å²) in [6, 6.07) is 11.7. The van der Waals surface area contributed by atoms with Crippen LogP contribution in [0.4, 0.5) is 4.39 Å². The van der Waals surface area contributed by atoms with E-state index in [9.17, 15) is 4.39 Å². The molecule has 0 heterocycles. The topological polar surface area (TPSA) is 35.2 Å². The molecular weight excluding hydrogens is 357 g/mol. The summed E-state index contributed by atoms with van der Waals surface area (Å²) in [6.07, 6.45) is 0.249. The van der Waals surface area contributed by atoms with Gasteiger partial charge in [-0.3, -0.25) is 0 Å². The maximum Gasteiger partial charge on any atom is 0.166 e. The second-order valence-corrected chi connectivity index (χ2v) is 6.09. The van der Waals surface area contributed by atoms with E-state index >= 15 is 0 Å². The molecule has 2 unspecified atom stereocenters. The first-order chi connectivity index (χ1) is 10.0.